The van der Waals surface area contributed by atoms with Crippen molar-refractivity contribution in [2.75, 3.05) is 10.5 Å². The van der Waals surface area contributed by atoms with Gasteiger partial charge in [0.2, 0.25) is 0 Å². The summed E-state index contributed by atoms with van der Waals surface area (Å²) >= 11 is 11.6. The third-order valence-electron chi connectivity index (χ3n) is 2.39. The van der Waals surface area contributed by atoms with Crippen LogP contribution in [0.1, 0.15) is 0 Å². The van der Waals surface area contributed by atoms with Crippen molar-refractivity contribution in [2.45, 2.75) is 4.90 Å². The van der Waals surface area contributed by atoms with Crippen molar-refractivity contribution in [3.8, 4) is 0 Å². The fraction of sp³-hybridized carbons (Fsp3) is 0. The monoisotopic (exact) mass is 316 g/mol. The summed E-state index contributed by atoms with van der Waals surface area (Å²) in [6.07, 6.45) is 0. The highest BCUT2D eigenvalue weighted by Gasteiger charge is 2.16. The molecule has 0 saturated heterocycles. The highest BCUT2D eigenvalue weighted by atomic mass is 35.5. The number of nitrogens with two attached hydrogens (primary N) is 1. The highest BCUT2D eigenvalue weighted by molar-refractivity contribution is 7.92. The minimum atomic E-state index is -3.70. The summed E-state index contributed by atoms with van der Waals surface area (Å²) in [4.78, 5) is 0.139. The summed E-state index contributed by atoms with van der Waals surface area (Å²) in [5.74, 6) is 0. The first-order valence-electron chi connectivity index (χ1n) is 5.22. The Morgan fingerprint density at radius 3 is 2.21 bits per heavy atom. The topological polar surface area (TPSA) is 72.2 Å². The van der Waals surface area contributed by atoms with E-state index in [0.717, 1.165) is 0 Å². The normalized spacial score (nSPS) is 11.3. The van der Waals surface area contributed by atoms with Crippen molar-refractivity contribution >= 4 is 44.6 Å². The fourth-order valence-electron chi connectivity index (χ4n) is 1.45. The molecule has 0 unspecified atom stereocenters. The summed E-state index contributed by atoms with van der Waals surface area (Å²) in [7, 11) is -3.70. The fourth-order valence-corrected chi connectivity index (χ4v) is 2.89. The molecule has 0 aliphatic rings. The van der Waals surface area contributed by atoms with Crippen LogP contribution in [0.2, 0.25) is 10.0 Å². The standard InChI is InChI=1S/C12H10Cl2N2O2S/c13-9-6-11(15)12(7-10(9)14)16-19(17,18)8-4-2-1-3-5-8/h1-7,16H,15H2. The van der Waals surface area contributed by atoms with E-state index in [-0.39, 0.29) is 26.3 Å². The molecule has 0 radical (unpaired) electrons. The molecule has 19 heavy (non-hydrogen) atoms. The van der Waals surface area contributed by atoms with E-state index in [2.05, 4.69) is 4.72 Å². The third-order valence-corrected chi connectivity index (χ3v) is 4.49. The zero-order valence-electron chi connectivity index (χ0n) is 9.60. The van der Waals surface area contributed by atoms with E-state index in [1.807, 2.05) is 0 Å². The predicted octanol–water partition coefficient (Wildman–Crippen LogP) is 3.38. The van der Waals surface area contributed by atoms with Gasteiger partial charge in [-0.2, -0.15) is 0 Å². The molecule has 3 N–H and O–H groups in total. The van der Waals surface area contributed by atoms with E-state index in [1.165, 1.54) is 24.3 Å². The van der Waals surface area contributed by atoms with E-state index in [1.54, 1.807) is 18.2 Å². The lowest BCUT2D eigenvalue weighted by atomic mass is 10.3. The first kappa shape index (κ1) is 14.0. The second-order valence-corrected chi connectivity index (χ2v) is 6.27. The average molecular weight is 317 g/mol. The van der Waals surface area contributed by atoms with Crippen molar-refractivity contribution in [2.24, 2.45) is 0 Å². The Bertz CT molecular complexity index is 703. The number of hydrogen-bond donors (Lipinski definition) is 2. The molecule has 4 nitrogen and oxygen atoms in total. The molecule has 0 saturated carbocycles. The summed E-state index contributed by atoms with van der Waals surface area (Å²) in [6, 6.07) is 10.7. The molecule has 7 heteroatoms. The summed E-state index contributed by atoms with van der Waals surface area (Å²) in [5, 5.41) is 0.489. The van der Waals surface area contributed by atoms with Gasteiger partial charge in [0, 0.05) is 0 Å². The molecule has 0 atom stereocenters. The van der Waals surface area contributed by atoms with Gasteiger partial charge in [-0.05, 0) is 24.3 Å². The largest absolute Gasteiger partial charge is 0.397 e. The van der Waals surface area contributed by atoms with E-state index in [0.29, 0.717) is 0 Å². The van der Waals surface area contributed by atoms with E-state index < -0.39 is 10.0 Å². The summed E-state index contributed by atoms with van der Waals surface area (Å²) in [5.41, 5.74) is 6.10. The molecule has 0 aliphatic carbocycles. The van der Waals surface area contributed by atoms with Gasteiger partial charge in [-0.1, -0.05) is 41.4 Å². The van der Waals surface area contributed by atoms with E-state index >= 15 is 0 Å². The maximum absolute atomic E-state index is 12.1. The van der Waals surface area contributed by atoms with Crippen molar-refractivity contribution in [1.82, 2.24) is 0 Å². The number of nitrogen functional groups attached to an aromatic ring is 1. The second kappa shape index (κ2) is 5.28. The maximum atomic E-state index is 12.1. The first-order chi connectivity index (χ1) is 8.90. The number of sulfonamides is 1. The van der Waals surface area contributed by atoms with Crippen molar-refractivity contribution in [3.05, 3.63) is 52.5 Å². The van der Waals surface area contributed by atoms with Gasteiger partial charge < -0.3 is 5.73 Å². The Labute approximate surface area is 121 Å². The van der Waals surface area contributed by atoms with Crippen molar-refractivity contribution in [1.29, 1.82) is 0 Å². The summed E-state index contributed by atoms with van der Waals surface area (Å²) < 4.78 is 26.6. The van der Waals surface area contributed by atoms with Gasteiger partial charge in [0.25, 0.3) is 10.0 Å². The Balaban J connectivity index is 2.39. The number of nitrogens with one attached hydrogen (secondary N) is 1. The molecule has 2 aromatic rings. The molecule has 0 fully saturated rings. The second-order valence-electron chi connectivity index (χ2n) is 3.77. The molecular formula is C12H10Cl2N2O2S. The summed E-state index contributed by atoms with van der Waals surface area (Å²) in [6.45, 7) is 0. The van der Waals surface area contributed by atoms with Gasteiger partial charge in [-0.25, -0.2) is 8.42 Å². The number of anilines is 2. The van der Waals surface area contributed by atoms with Gasteiger partial charge in [0.1, 0.15) is 0 Å². The van der Waals surface area contributed by atoms with Crippen LogP contribution in [0.4, 0.5) is 11.4 Å². The van der Waals surface area contributed by atoms with Crippen LogP contribution in [0.3, 0.4) is 0 Å². The highest BCUT2D eigenvalue weighted by Crippen LogP contribution is 2.31. The quantitative estimate of drug-likeness (QED) is 0.853. The minimum absolute atomic E-state index is 0.139. The number of rotatable bonds is 3. The Morgan fingerprint density at radius 2 is 1.58 bits per heavy atom. The van der Waals surface area contributed by atoms with Gasteiger partial charge >= 0.3 is 0 Å². The molecule has 0 aromatic heterocycles. The van der Waals surface area contributed by atoms with Crippen LogP contribution in [0, 0.1) is 0 Å². The van der Waals surface area contributed by atoms with Crippen LogP contribution in [0.25, 0.3) is 0 Å². The number of halogens is 2. The molecule has 0 heterocycles. The lowest BCUT2D eigenvalue weighted by Crippen LogP contribution is -2.14. The number of benzene rings is 2. The van der Waals surface area contributed by atoms with Crippen LogP contribution < -0.4 is 10.5 Å². The SMILES string of the molecule is Nc1cc(Cl)c(Cl)cc1NS(=O)(=O)c1ccccc1. The zero-order chi connectivity index (χ0) is 14.0. The lowest BCUT2D eigenvalue weighted by Gasteiger charge is -2.11. The van der Waals surface area contributed by atoms with Gasteiger partial charge in [0.15, 0.2) is 0 Å². The Kier molecular flexibility index (Phi) is 3.89. The smallest absolute Gasteiger partial charge is 0.261 e. The van der Waals surface area contributed by atoms with Crippen molar-refractivity contribution < 1.29 is 8.42 Å². The van der Waals surface area contributed by atoms with Gasteiger partial charge in [-0.3, -0.25) is 4.72 Å². The van der Waals surface area contributed by atoms with Crippen LogP contribution in [-0.4, -0.2) is 8.42 Å². The average Bonchev–Trinajstić information content (AvgIpc) is 2.37. The molecule has 100 valence electrons. The zero-order valence-corrected chi connectivity index (χ0v) is 11.9. The third kappa shape index (κ3) is 3.12. The van der Waals surface area contributed by atoms with Crippen LogP contribution in [-0.2, 0) is 10.0 Å². The van der Waals surface area contributed by atoms with Crippen LogP contribution >= 0.6 is 23.2 Å². The van der Waals surface area contributed by atoms with Gasteiger partial charge in [0.05, 0.1) is 26.3 Å². The number of hydrogen-bond acceptors (Lipinski definition) is 3. The van der Waals surface area contributed by atoms with E-state index in [9.17, 15) is 8.42 Å². The molecule has 0 bridgehead atoms. The molecule has 2 aromatic carbocycles. The van der Waals surface area contributed by atoms with Gasteiger partial charge in [-0.15, -0.1) is 0 Å². The molecular weight excluding hydrogens is 307 g/mol. The van der Waals surface area contributed by atoms with Crippen LogP contribution in [0.5, 0.6) is 0 Å². The van der Waals surface area contributed by atoms with E-state index in [4.69, 9.17) is 28.9 Å². The lowest BCUT2D eigenvalue weighted by molar-refractivity contribution is 0.601. The van der Waals surface area contributed by atoms with Crippen molar-refractivity contribution in [3.63, 3.8) is 0 Å². The molecule has 2 rings (SSSR count). The van der Waals surface area contributed by atoms with Crippen LogP contribution in [0.15, 0.2) is 47.4 Å². The molecule has 0 spiro atoms. The molecule has 0 amide bonds. The Hall–Kier alpha value is -1.43. The Morgan fingerprint density at radius 1 is 1.00 bits per heavy atom. The first-order valence-corrected chi connectivity index (χ1v) is 7.46. The minimum Gasteiger partial charge on any atom is -0.397 e. The molecule has 0 aliphatic heterocycles. The predicted molar refractivity (Wildman–Crippen MR) is 78.1 cm³/mol. The maximum Gasteiger partial charge on any atom is 0.261 e.